The summed E-state index contributed by atoms with van der Waals surface area (Å²) in [5.41, 5.74) is 3.16. The number of fused-ring (bicyclic) bond motifs is 1. The molecule has 1 aromatic heterocycles. The van der Waals surface area contributed by atoms with Gasteiger partial charge in [-0.25, -0.2) is 0 Å². The van der Waals surface area contributed by atoms with Crippen molar-refractivity contribution in [2.75, 3.05) is 0 Å². The van der Waals surface area contributed by atoms with Gasteiger partial charge in [0.05, 0.1) is 12.1 Å². The summed E-state index contributed by atoms with van der Waals surface area (Å²) in [5.74, 6) is -0.0170. The van der Waals surface area contributed by atoms with Crippen LogP contribution in [0.2, 0.25) is 0 Å². The lowest BCUT2D eigenvalue weighted by Gasteiger charge is -2.18. The molecule has 2 atom stereocenters. The van der Waals surface area contributed by atoms with Crippen LogP contribution in [-0.4, -0.2) is 22.1 Å². The minimum Gasteiger partial charge on any atom is -0.390 e. The van der Waals surface area contributed by atoms with Crippen LogP contribution in [0.5, 0.6) is 0 Å². The third kappa shape index (κ3) is 3.34. The lowest BCUT2D eigenvalue weighted by Crippen LogP contribution is -2.33. The fourth-order valence-corrected chi connectivity index (χ4v) is 2.97. The van der Waals surface area contributed by atoms with Crippen molar-refractivity contribution in [3.05, 3.63) is 65.5 Å². The zero-order valence-electron chi connectivity index (χ0n) is 12.4. The highest BCUT2D eigenvalue weighted by Gasteiger charge is 2.31. The lowest BCUT2D eigenvalue weighted by molar-refractivity contribution is -0.122. The Hall–Kier alpha value is -2.20. The molecule has 4 nitrogen and oxygen atoms in total. The molecule has 0 fully saturated rings. The van der Waals surface area contributed by atoms with E-state index in [2.05, 4.69) is 10.3 Å². The van der Waals surface area contributed by atoms with Crippen LogP contribution in [0.3, 0.4) is 0 Å². The van der Waals surface area contributed by atoms with Gasteiger partial charge in [0.1, 0.15) is 0 Å². The molecule has 1 heterocycles. The van der Waals surface area contributed by atoms with E-state index in [4.69, 9.17) is 0 Å². The first-order chi connectivity index (χ1) is 10.7. The molecular weight excluding hydrogens is 276 g/mol. The molecule has 1 aliphatic carbocycles. The number of aliphatic hydroxyl groups is 1. The monoisotopic (exact) mass is 296 g/mol. The molecular formula is C18H20N2O2. The van der Waals surface area contributed by atoms with Gasteiger partial charge in [-0.3, -0.25) is 9.78 Å². The van der Waals surface area contributed by atoms with Gasteiger partial charge in [0.15, 0.2) is 0 Å². The average Bonchev–Trinajstić information content (AvgIpc) is 2.84. The van der Waals surface area contributed by atoms with Crippen molar-refractivity contribution in [2.24, 2.45) is 0 Å². The highest BCUT2D eigenvalue weighted by atomic mass is 16.3. The van der Waals surface area contributed by atoms with E-state index in [1.807, 2.05) is 42.5 Å². The number of aromatic nitrogens is 1. The van der Waals surface area contributed by atoms with Crippen molar-refractivity contribution in [1.29, 1.82) is 0 Å². The van der Waals surface area contributed by atoms with Crippen LogP contribution in [0, 0.1) is 0 Å². The van der Waals surface area contributed by atoms with E-state index >= 15 is 0 Å². The fourth-order valence-electron chi connectivity index (χ4n) is 2.97. The number of aliphatic hydroxyl groups excluding tert-OH is 1. The number of amides is 1. The predicted octanol–water partition coefficient (Wildman–Crippen LogP) is 2.18. The molecule has 4 heteroatoms. The first-order valence-corrected chi connectivity index (χ1v) is 7.69. The molecule has 1 aromatic carbocycles. The van der Waals surface area contributed by atoms with Gasteiger partial charge in [0, 0.05) is 24.7 Å². The smallest absolute Gasteiger partial charge is 0.220 e. The molecule has 1 amide bonds. The van der Waals surface area contributed by atoms with Gasteiger partial charge in [-0.15, -0.1) is 0 Å². The second-order valence-corrected chi connectivity index (χ2v) is 5.69. The molecule has 0 unspecified atom stereocenters. The van der Waals surface area contributed by atoms with E-state index < -0.39 is 6.10 Å². The molecule has 0 spiro atoms. The van der Waals surface area contributed by atoms with Crippen LogP contribution in [-0.2, 0) is 17.6 Å². The Balaban J connectivity index is 1.52. The average molecular weight is 296 g/mol. The molecule has 2 aromatic rings. The van der Waals surface area contributed by atoms with Crippen LogP contribution in [0.25, 0.3) is 0 Å². The van der Waals surface area contributed by atoms with Gasteiger partial charge in [-0.2, -0.15) is 0 Å². The maximum absolute atomic E-state index is 12.1. The zero-order chi connectivity index (χ0) is 15.4. The highest BCUT2D eigenvalue weighted by Crippen LogP contribution is 2.31. The van der Waals surface area contributed by atoms with Crippen LogP contribution >= 0.6 is 0 Å². The molecule has 0 radical (unpaired) electrons. The van der Waals surface area contributed by atoms with Crippen molar-refractivity contribution >= 4 is 5.91 Å². The van der Waals surface area contributed by atoms with E-state index in [0.29, 0.717) is 12.8 Å². The number of benzene rings is 1. The van der Waals surface area contributed by atoms with Gasteiger partial charge in [-0.05, 0) is 36.1 Å². The van der Waals surface area contributed by atoms with Crippen molar-refractivity contribution in [2.45, 2.75) is 37.8 Å². The molecule has 0 aliphatic heterocycles. The predicted molar refractivity (Wildman–Crippen MR) is 84.2 cm³/mol. The molecule has 0 bridgehead atoms. The molecule has 114 valence electrons. The summed E-state index contributed by atoms with van der Waals surface area (Å²) in [6, 6.07) is 13.4. The second-order valence-electron chi connectivity index (χ2n) is 5.69. The second kappa shape index (κ2) is 6.71. The van der Waals surface area contributed by atoms with Gasteiger partial charge < -0.3 is 10.4 Å². The number of nitrogens with zero attached hydrogens (tertiary/aromatic N) is 1. The number of rotatable bonds is 5. The minimum atomic E-state index is -0.530. The van der Waals surface area contributed by atoms with E-state index in [9.17, 15) is 9.90 Å². The first kappa shape index (κ1) is 14.7. The van der Waals surface area contributed by atoms with E-state index in [1.165, 1.54) is 0 Å². The summed E-state index contributed by atoms with van der Waals surface area (Å²) in [7, 11) is 0. The Morgan fingerprint density at radius 3 is 2.86 bits per heavy atom. The van der Waals surface area contributed by atoms with Gasteiger partial charge in [0.2, 0.25) is 5.91 Å². The Morgan fingerprint density at radius 2 is 2.05 bits per heavy atom. The topological polar surface area (TPSA) is 62.2 Å². The first-order valence-electron chi connectivity index (χ1n) is 7.69. The number of carbonyl (C=O) groups is 1. The van der Waals surface area contributed by atoms with Crippen molar-refractivity contribution < 1.29 is 9.90 Å². The quantitative estimate of drug-likeness (QED) is 0.889. The maximum Gasteiger partial charge on any atom is 0.220 e. The molecule has 2 N–H and O–H groups in total. The number of pyridine rings is 1. The third-order valence-electron chi connectivity index (χ3n) is 4.08. The number of hydrogen-bond acceptors (Lipinski definition) is 3. The molecule has 3 rings (SSSR count). The summed E-state index contributed by atoms with van der Waals surface area (Å²) >= 11 is 0. The van der Waals surface area contributed by atoms with Gasteiger partial charge in [0.25, 0.3) is 0 Å². The van der Waals surface area contributed by atoms with E-state index in [0.717, 1.165) is 29.7 Å². The third-order valence-corrected chi connectivity index (χ3v) is 4.08. The summed E-state index contributed by atoms with van der Waals surface area (Å²) in [4.78, 5) is 16.4. The largest absolute Gasteiger partial charge is 0.390 e. The van der Waals surface area contributed by atoms with E-state index in [-0.39, 0.29) is 11.9 Å². The summed E-state index contributed by atoms with van der Waals surface area (Å²) in [6.45, 7) is 0. The summed E-state index contributed by atoms with van der Waals surface area (Å²) in [5, 5.41) is 13.1. The SMILES string of the molecule is O=C(CCCc1ccccn1)N[C@H]1c2ccccc2C[C@H]1O. The van der Waals surface area contributed by atoms with Crippen molar-refractivity contribution in [3.63, 3.8) is 0 Å². The molecule has 22 heavy (non-hydrogen) atoms. The van der Waals surface area contributed by atoms with Crippen LogP contribution in [0.15, 0.2) is 48.7 Å². The van der Waals surface area contributed by atoms with Crippen molar-refractivity contribution in [3.8, 4) is 0 Å². The van der Waals surface area contributed by atoms with E-state index in [1.54, 1.807) is 6.20 Å². The Kier molecular flexibility index (Phi) is 4.49. The summed E-state index contributed by atoms with van der Waals surface area (Å²) in [6.07, 6.45) is 3.83. The van der Waals surface area contributed by atoms with Crippen molar-refractivity contribution in [1.82, 2.24) is 10.3 Å². The van der Waals surface area contributed by atoms with Crippen LogP contribution < -0.4 is 5.32 Å². The number of nitrogens with one attached hydrogen (secondary N) is 1. The lowest BCUT2D eigenvalue weighted by atomic mass is 10.1. The number of carbonyl (C=O) groups excluding carboxylic acids is 1. The molecule has 1 aliphatic rings. The van der Waals surface area contributed by atoms with Gasteiger partial charge >= 0.3 is 0 Å². The highest BCUT2D eigenvalue weighted by molar-refractivity contribution is 5.76. The molecule has 0 saturated carbocycles. The molecule has 0 saturated heterocycles. The van der Waals surface area contributed by atoms with Crippen LogP contribution in [0.1, 0.15) is 35.7 Å². The zero-order valence-corrected chi connectivity index (χ0v) is 12.4. The number of hydrogen-bond donors (Lipinski definition) is 2. The van der Waals surface area contributed by atoms with Crippen LogP contribution in [0.4, 0.5) is 0 Å². The Labute approximate surface area is 130 Å². The van der Waals surface area contributed by atoms with Gasteiger partial charge in [-0.1, -0.05) is 30.3 Å². The number of aryl methyl sites for hydroxylation is 1. The minimum absolute atomic E-state index is 0.0170. The Bertz CT molecular complexity index is 643. The maximum atomic E-state index is 12.1. The fraction of sp³-hybridized carbons (Fsp3) is 0.333. The Morgan fingerprint density at radius 1 is 1.23 bits per heavy atom. The summed E-state index contributed by atoms with van der Waals surface area (Å²) < 4.78 is 0. The normalized spacial score (nSPS) is 19.7. The standard InChI is InChI=1S/C18H20N2O2/c21-16-12-13-6-1-2-9-15(13)18(16)20-17(22)10-5-8-14-7-3-4-11-19-14/h1-4,6-7,9,11,16,18,21H,5,8,10,12H2,(H,20,22)/t16-,18+/m1/s1.